The number of esters is 1. The largest absolute Gasteiger partial charge is 0.465 e. The lowest BCUT2D eigenvalue weighted by Crippen LogP contribution is -2.13. The number of amides is 1. The summed E-state index contributed by atoms with van der Waals surface area (Å²) in [5.74, 6) is -0.499. The van der Waals surface area contributed by atoms with Gasteiger partial charge in [0.1, 0.15) is 4.88 Å². The lowest BCUT2D eigenvalue weighted by atomic mass is 10.1. The molecule has 1 aromatic heterocycles. The van der Waals surface area contributed by atoms with Crippen LogP contribution < -0.4 is 5.32 Å². The average molecular weight is 289 g/mol. The Morgan fingerprint density at radius 3 is 2.50 bits per heavy atom. The third kappa shape index (κ3) is 3.68. The summed E-state index contributed by atoms with van der Waals surface area (Å²) in [5, 5.41) is 3.42. The molecule has 0 aliphatic carbocycles. The Balaban J connectivity index is 1.96. The highest BCUT2D eigenvalue weighted by molar-refractivity contribution is 7.18. The van der Waals surface area contributed by atoms with Gasteiger partial charge in [0.2, 0.25) is 5.91 Å². The number of carbonyl (C=O) groups excluding carboxylic acids is 2. The van der Waals surface area contributed by atoms with Crippen molar-refractivity contribution in [3.05, 3.63) is 52.4 Å². The summed E-state index contributed by atoms with van der Waals surface area (Å²) in [6, 6.07) is 11.2. The van der Waals surface area contributed by atoms with Crippen molar-refractivity contribution in [3.63, 3.8) is 0 Å². The number of ether oxygens (including phenoxy) is 1. The first kappa shape index (κ1) is 14.3. The maximum atomic E-state index is 11.9. The Hall–Kier alpha value is -2.14. The summed E-state index contributed by atoms with van der Waals surface area (Å²) in [4.78, 5) is 23.7. The van der Waals surface area contributed by atoms with E-state index in [1.165, 1.54) is 18.4 Å². The summed E-state index contributed by atoms with van der Waals surface area (Å²) in [6.07, 6.45) is 0.311. The van der Waals surface area contributed by atoms with Crippen LogP contribution in [0.2, 0.25) is 0 Å². The zero-order chi connectivity index (χ0) is 14.5. The molecule has 0 atom stereocenters. The highest BCUT2D eigenvalue weighted by atomic mass is 32.1. The molecule has 0 radical (unpaired) electrons. The SMILES string of the molecule is COC(=O)c1ccc(NC(=O)Cc2ccc(C)cc2)s1. The minimum Gasteiger partial charge on any atom is -0.465 e. The van der Waals surface area contributed by atoms with Crippen LogP contribution in [-0.4, -0.2) is 19.0 Å². The van der Waals surface area contributed by atoms with E-state index >= 15 is 0 Å². The molecule has 20 heavy (non-hydrogen) atoms. The van der Waals surface area contributed by atoms with Crippen molar-refractivity contribution in [2.75, 3.05) is 12.4 Å². The lowest BCUT2D eigenvalue weighted by molar-refractivity contribution is -0.115. The number of rotatable bonds is 4. The van der Waals surface area contributed by atoms with Gasteiger partial charge >= 0.3 is 5.97 Å². The summed E-state index contributed by atoms with van der Waals surface area (Å²) in [6.45, 7) is 2.00. The van der Waals surface area contributed by atoms with Crippen molar-refractivity contribution < 1.29 is 14.3 Å². The molecule has 0 saturated heterocycles. The smallest absolute Gasteiger partial charge is 0.348 e. The van der Waals surface area contributed by atoms with Crippen molar-refractivity contribution >= 4 is 28.2 Å². The molecular formula is C15H15NO3S. The molecule has 0 aliphatic rings. The van der Waals surface area contributed by atoms with Gasteiger partial charge in [0, 0.05) is 0 Å². The van der Waals surface area contributed by atoms with Gasteiger partial charge in [0.25, 0.3) is 0 Å². The van der Waals surface area contributed by atoms with Crippen LogP contribution in [0.3, 0.4) is 0 Å². The number of methoxy groups -OCH3 is 1. The predicted octanol–water partition coefficient (Wildman–Crippen LogP) is 3.02. The first-order valence-corrected chi connectivity index (χ1v) is 6.93. The molecular weight excluding hydrogens is 274 g/mol. The quantitative estimate of drug-likeness (QED) is 0.880. The number of benzene rings is 1. The van der Waals surface area contributed by atoms with Crippen LogP contribution in [-0.2, 0) is 16.0 Å². The van der Waals surface area contributed by atoms with Crippen LogP contribution in [0, 0.1) is 6.92 Å². The zero-order valence-electron chi connectivity index (χ0n) is 11.3. The van der Waals surface area contributed by atoms with E-state index in [2.05, 4.69) is 10.1 Å². The van der Waals surface area contributed by atoms with Crippen molar-refractivity contribution in [2.45, 2.75) is 13.3 Å². The van der Waals surface area contributed by atoms with Gasteiger partial charge in [0.15, 0.2) is 0 Å². The molecule has 1 heterocycles. The molecule has 0 bridgehead atoms. The number of nitrogens with one attached hydrogen (secondary N) is 1. The first-order chi connectivity index (χ1) is 9.58. The summed E-state index contributed by atoms with van der Waals surface area (Å²) < 4.78 is 4.62. The van der Waals surface area contributed by atoms with Gasteiger partial charge in [0.05, 0.1) is 18.5 Å². The third-order valence-corrected chi connectivity index (χ3v) is 3.72. The highest BCUT2D eigenvalue weighted by Gasteiger charge is 2.11. The molecule has 104 valence electrons. The maximum Gasteiger partial charge on any atom is 0.348 e. The van der Waals surface area contributed by atoms with E-state index in [4.69, 9.17) is 0 Å². The van der Waals surface area contributed by atoms with Crippen molar-refractivity contribution in [2.24, 2.45) is 0 Å². The monoisotopic (exact) mass is 289 g/mol. The standard InChI is InChI=1S/C15H15NO3S/c1-10-3-5-11(6-4-10)9-13(17)16-14-8-7-12(20-14)15(18)19-2/h3-8H,9H2,1-2H3,(H,16,17). The third-order valence-electron chi connectivity index (χ3n) is 2.74. The topological polar surface area (TPSA) is 55.4 Å². The van der Waals surface area contributed by atoms with E-state index in [9.17, 15) is 9.59 Å². The minimum absolute atomic E-state index is 0.105. The van der Waals surface area contributed by atoms with E-state index in [1.807, 2.05) is 31.2 Å². The number of hydrogen-bond donors (Lipinski definition) is 1. The van der Waals surface area contributed by atoms with Crippen LogP contribution in [0.15, 0.2) is 36.4 Å². The number of thiophene rings is 1. The summed E-state index contributed by atoms with van der Waals surface area (Å²) in [5.41, 5.74) is 2.12. The van der Waals surface area contributed by atoms with Gasteiger partial charge in [-0.15, -0.1) is 11.3 Å². The fourth-order valence-electron chi connectivity index (χ4n) is 1.69. The predicted molar refractivity (Wildman–Crippen MR) is 79.2 cm³/mol. The highest BCUT2D eigenvalue weighted by Crippen LogP contribution is 2.22. The second-order valence-corrected chi connectivity index (χ2v) is 5.45. The molecule has 0 unspecified atom stereocenters. The van der Waals surface area contributed by atoms with Gasteiger partial charge in [-0.05, 0) is 24.6 Å². The van der Waals surface area contributed by atoms with Crippen molar-refractivity contribution in [1.82, 2.24) is 0 Å². The Morgan fingerprint density at radius 1 is 1.15 bits per heavy atom. The summed E-state index contributed by atoms with van der Waals surface area (Å²) >= 11 is 1.20. The second kappa shape index (κ2) is 6.34. The Morgan fingerprint density at radius 2 is 1.85 bits per heavy atom. The molecule has 2 aromatic rings. The average Bonchev–Trinajstić information content (AvgIpc) is 2.89. The molecule has 0 fully saturated rings. The van der Waals surface area contributed by atoms with Crippen molar-refractivity contribution in [3.8, 4) is 0 Å². The van der Waals surface area contributed by atoms with E-state index in [0.717, 1.165) is 11.1 Å². The summed E-state index contributed by atoms with van der Waals surface area (Å²) in [7, 11) is 1.33. The maximum absolute atomic E-state index is 11.9. The van der Waals surface area contributed by atoms with Gasteiger partial charge in [-0.2, -0.15) is 0 Å². The second-order valence-electron chi connectivity index (χ2n) is 4.37. The van der Waals surface area contributed by atoms with E-state index in [-0.39, 0.29) is 5.91 Å². The number of anilines is 1. The number of aryl methyl sites for hydroxylation is 1. The Labute approximate surface area is 121 Å². The molecule has 0 aliphatic heterocycles. The number of carbonyl (C=O) groups is 2. The van der Waals surface area contributed by atoms with Crippen LogP contribution in [0.4, 0.5) is 5.00 Å². The van der Waals surface area contributed by atoms with E-state index in [1.54, 1.807) is 12.1 Å². The van der Waals surface area contributed by atoms with Gasteiger partial charge in [-0.25, -0.2) is 4.79 Å². The normalized spacial score (nSPS) is 10.1. The number of hydrogen-bond acceptors (Lipinski definition) is 4. The Bertz CT molecular complexity index is 616. The van der Waals surface area contributed by atoms with Gasteiger partial charge in [-0.3, -0.25) is 4.79 Å². The Kier molecular flexibility index (Phi) is 4.53. The van der Waals surface area contributed by atoms with E-state index < -0.39 is 5.97 Å². The molecule has 1 aromatic carbocycles. The van der Waals surface area contributed by atoms with Crippen LogP contribution in [0.5, 0.6) is 0 Å². The molecule has 1 amide bonds. The van der Waals surface area contributed by atoms with Crippen LogP contribution >= 0.6 is 11.3 Å². The van der Waals surface area contributed by atoms with E-state index in [0.29, 0.717) is 16.3 Å². The molecule has 0 saturated carbocycles. The molecule has 4 nitrogen and oxygen atoms in total. The molecule has 2 rings (SSSR count). The van der Waals surface area contributed by atoms with Gasteiger partial charge in [-0.1, -0.05) is 29.8 Å². The van der Waals surface area contributed by atoms with Gasteiger partial charge < -0.3 is 10.1 Å². The van der Waals surface area contributed by atoms with Crippen LogP contribution in [0.25, 0.3) is 0 Å². The fraction of sp³-hybridized carbons (Fsp3) is 0.200. The zero-order valence-corrected chi connectivity index (χ0v) is 12.1. The minimum atomic E-state index is -0.394. The first-order valence-electron chi connectivity index (χ1n) is 6.12. The fourth-order valence-corrected chi connectivity index (χ4v) is 2.53. The molecule has 1 N–H and O–H groups in total. The molecule has 5 heteroatoms. The lowest BCUT2D eigenvalue weighted by Gasteiger charge is -2.03. The van der Waals surface area contributed by atoms with Crippen LogP contribution in [0.1, 0.15) is 20.8 Å². The molecule has 0 spiro atoms. The van der Waals surface area contributed by atoms with Crippen molar-refractivity contribution in [1.29, 1.82) is 0 Å².